The molecule has 3 aromatic rings. The molecule has 1 saturated carbocycles. The van der Waals surface area contributed by atoms with Crippen LogP contribution in [0, 0.1) is 5.82 Å². The first-order chi connectivity index (χ1) is 16.1. The second-order valence-electron chi connectivity index (χ2n) is 9.24. The number of nitrogens with zero attached hydrogens (tertiary/aromatic N) is 4. The molecule has 1 amide bonds. The minimum absolute atomic E-state index is 0.0907. The van der Waals surface area contributed by atoms with Crippen molar-refractivity contribution in [2.24, 2.45) is 0 Å². The Bertz CT molecular complexity index is 1360. The Morgan fingerprint density at radius 1 is 1.21 bits per heavy atom. The van der Waals surface area contributed by atoms with E-state index in [1.54, 1.807) is 12.4 Å². The van der Waals surface area contributed by atoms with Crippen molar-refractivity contribution in [3.63, 3.8) is 0 Å². The van der Waals surface area contributed by atoms with Crippen LogP contribution in [0.5, 0.6) is 0 Å². The number of rotatable bonds is 5. The van der Waals surface area contributed by atoms with E-state index in [1.165, 1.54) is 12.1 Å². The number of sulfone groups is 1. The number of carbonyl (C=O) groups is 1. The molecule has 2 bridgehead atoms. The Hall–Kier alpha value is -3.21. The van der Waals surface area contributed by atoms with Crippen LogP contribution in [0.25, 0.3) is 5.65 Å². The van der Waals surface area contributed by atoms with Crippen molar-refractivity contribution >= 4 is 33.1 Å². The third kappa shape index (κ3) is 3.97. The molecule has 3 aliphatic rings. The molecule has 2 atom stereocenters. The van der Waals surface area contributed by atoms with Gasteiger partial charge in [-0.3, -0.25) is 4.40 Å². The lowest BCUT2D eigenvalue weighted by atomic mass is 9.73. The fraction of sp³-hybridized carbons (Fsp3) is 0.435. The number of aromatic nitrogens is 3. The molecule has 6 rings (SSSR count). The van der Waals surface area contributed by atoms with Gasteiger partial charge >= 0.3 is 6.09 Å². The molecule has 9 nitrogen and oxygen atoms in total. The first kappa shape index (κ1) is 22.6. The van der Waals surface area contributed by atoms with Gasteiger partial charge in [-0.2, -0.15) is 0 Å². The topological polar surface area (TPSA) is 106 Å². The number of hydrogen-bond donors (Lipinski definition) is 1. The van der Waals surface area contributed by atoms with Crippen LogP contribution in [-0.4, -0.2) is 58.2 Å². The summed E-state index contributed by atoms with van der Waals surface area (Å²) in [5, 5.41) is 2.93. The number of ether oxygens (including phenoxy) is 1. The highest BCUT2D eigenvalue weighted by Crippen LogP contribution is 2.46. The van der Waals surface area contributed by atoms with Crippen molar-refractivity contribution in [2.45, 2.75) is 62.1 Å². The first-order valence-electron chi connectivity index (χ1n) is 11.2. The summed E-state index contributed by atoms with van der Waals surface area (Å²) < 4.78 is 45.2. The summed E-state index contributed by atoms with van der Waals surface area (Å²) in [6.07, 6.45) is 8.51. The molecule has 2 unspecified atom stereocenters. The van der Waals surface area contributed by atoms with E-state index in [1.807, 2.05) is 29.3 Å². The lowest BCUT2D eigenvalue weighted by molar-refractivity contribution is -0.0394. The van der Waals surface area contributed by atoms with Gasteiger partial charge < -0.3 is 15.0 Å². The summed E-state index contributed by atoms with van der Waals surface area (Å²) in [5.74, 6) is -0.106. The molecular formula is C23H26FN5O4S. The number of benzene rings is 1. The van der Waals surface area contributed by atoms with Crippen LogP contribution in [0.3, 0.4) is 0 Å². The molecule has 2 aromatic heterocycles. The maximum absolute atomic E-state index is 14.6. The summed E-state index contributed by atoms with van der Waals surface area (Å²) in [7, 11) is -3.51. The monoisotopic (exact) mass is 487 g/mol. The predicted octanol–water partition coefficient (Wildman–Crippen LogP) is 3.88. The Morgan fingerprint density at radius 3 is 2.59 bits per heavy atom. The third-order valence-corrected chi connectivity index (χ3v) is 7.60. The van der Waals surface area contributed by atoms with Crippen LogP contribution in [0.15, 0.2) is 41.7 Å². The minimum atomic E-state index is -3.51. The van der Waals surface area contributed by atoms with Crippen LogP contribution < -0.4 is 5.32 Å². The number of nitrogens with one attached hydrogen (secondary N) is 1. The van der Waals surface area contributed by atoms with E-state index in [-0.39, 0.29) is 40.8 Å². The van der Waals surface area contributed by atoms with Crippen LogP contribution in [0.4, 0.5) is 20.7 Å². The van der Waals surface area contributed by atoms with E-state index in [4.69, 9.17) is 4.74 Å². The summed E-state index contributed by atoms with van der Waals surface area (Å²) in [4.78, 5) is 23.0. The molecule has 2 saturated heterocycles. The standard InChI is InChI=1S/C23H26FN5O4S/c1-13(2)33-23(30)29-15-8-14(9-16(29)10-15)20-12-26-22-21(25-6-7-28(20)22)27-19-5-4-17(11-18(19)24)34(3,31)32/h4-7,11-16H,8-10H2,1-3H3,(H,25,27). The van der Waals surface area contributed by atoms with Crippen molar-refractivity contribution in [3.05, 3.63) is 48.3 Å². The quantitative estimate of drug-likeness (QED) is 0.582. The van der Waals surface area contributed by atoms with Gasteiger partial charge in [0.1, 0.15) is 5.82 Å². The van der Waals surface area contributed by atoms with Gasteiger partial charge in [0.2, 0.25) is 0 Å². The van der Waals surface area contributed by atoms with Gasteiger partial charge in [0.15, 0.2) is 21.3 Å². The highest BCUT2D eigenvalue weighted by Gasteiger charge is 2.49. The number of hydrogen-bond acceptors (Lipinski definition) is 7. The van der Waals surface area contributed by atoms with Crippen molar-refractivity contribution < 1.29 is 22.3 Å². The third-order valence-electron chi connectivity index (χ3n) is 6.49. The number of piperidine rings is 1. The van der Waals surface area contributed by atoms with Crippen LogP contribution in [0.2, 0.25) is 0 Å². The van der Waals surface area contributed by atoms with Crippen molar-refractivity contribution in [1.29, 1.82) is 0 Å². The Kier molecular flexibility index (Phi) is 5.46. The maximum Gasteiger partial charge on any atom is 0.410 e. The summed E-state index contributed by atoms with van der Waals surface area (Å²) >= 11 is 0. The zero-order valence-electron chi connectivity index (χ0n) is 19.1. The lowest BCUT2D eigenvalue weighted by Crippen LogP contribution is -2.62. The molecule has 34 heavy (non-hydrogen) atoms. The summed E-state index contributed by atoms with van der Waals surface area (Å²) in [6, 6.07) is 4.02. The molecule has 1 aliphatic carbocycles. The zero-order valence-corrected chi connectivity index (χ0v) is 19.9. The van der Waals surface area contributed by atoms with E-state index in [0.29, 0.717) is 11.5 Å². The fourth-order valence-corrected chi connectivity index (χ4v) is 5.59. The molecule has 1 N–H and O–H groups in total. The van der Waals surface area contributed by atoms with Gasteiger partial charge in [0.25, 0.3) is 0 Å². The maximum atomic E-state index is 14.6. The normalized spacial score (nSPS) is 22.0. The lowest BCUT2D eigenvalue weighted by Gasteiger charge is -2.54. The summed E-state index contributed by atoms with van der Waals surface area (Å²) in [5.41, 5.74) is 1.66. The number of imidazole rings is 1. The van der Waals surface area contributed by atoms with Crippen LogP contribution in [-0.2, 0) is 14.6 Å². The number of halogens is 1. The van der Waals surface area contributed by atoms with Gasteiger partial charge in [0.05, 0.1) is 16.7 Å². The number of carbonyl (C=O) groups excluding carboxylic acids is 1. The van der Waals surface area contributed by atoms with Crippen LogP contribution in [0.1, 0.15) is 44.7 Å². The van der Waals surface area contributed by atoms with Crippen LogP contribution >= 0.6 is 0 Å². The van der Waals surface area contributed by atoms with Gasteiger partial charge in [-0.1, -0.05) is 0 Å². The highest BCUT2D eigenvalue weighted by atomic mass is 32.2. The van der Waals surface area contributed by atoms with Gasteiger partial charge in [-0.05, 0) is 51.3 Å². The van der Waals surface area contributed by atoms with Gasteiger partial charge in [-0.15, -0.1) is 0 Å². The van der Waals surface area contributed by atoms with E-state index in [2.05, 4.69) is 15.3 Å². The average Bonchev–Trinajstić information content (AvgIpc) is 3.19. The van der Waals surface area contributed by atoms with Crippen molar-refractivity contribution in [2.75, 3.05) is 11.6 Å². The van der Waals surface area contributed by atoms with Crippen molar-refractivity contribution in [1.82, 2.24) is 19.3 Å². The van der Waals surface area contributed by atoms with Gasteiger partial charge in [-0.25, -0.2) is 27.6 Å². The minimum Gasteiger partial charge on any atom is -0.447 e. The molecular weight excluding hydrogens is 461 g/mol. The second kappa shape index (κ2) is 8.23. The Balaban J connectivity index is 1.37. The first-order valence-corrected chi connectivity index (χ1v) is 13.1. The summed E-state index contributed by atoms with van der Waals surface area (Å²) in [6.45, 7) is 3.69. The van der Waals surface area contributed by atoms with E-state index >= 15 is 0 Å². The zero-order chi connectivity index (χ0) is 24.2. The van der Waals surface area contributed by atoms with Crippen molar-refractivity contribution in [3.8, 4) is 0 Å². The van der Waals surface area contributed by atoms with E-state index in [9.17, 15) is 17.6 Å². The largest absolute Gasteiger partial charge is 0.447 e. The molecule has 4 heterocycles. The SMILES string of the molecule is CC(C)OC(=O)N1C2CC(c3cnc4c(Nc5ccc(S(C)(=O)=O)cc5F)nccn34)CC1C2. The molecule has 0 spiro atoms. The predicted molar refractivity (Wildman–Crippen MR) is 123 cm³/mol. The number of amides is 1. The molecule has 2 aliphatic heterocycles. The van der Waals surface area contributed by atoms with E-state index in [0.717, 1.165) is 37.3 Å². The number of fused-ring (bicyclic) bond motifs is 3. The Labute approximate surface area is 196 Å². The molecule has 0 radical (unpaired) electrons. The average molecular weight is 488 g/mol. The van der Waals surface area contributed by atoms with E-state index < -0.39 is 15.7 Å². The van der Waals surface area contributed by atoms with Gasteiger partial charge in [0, 0.05) is 48.5 Å². The Morgan fingerprint density at radius 2 is 1.94 bits per heavy atom. The number of anilines is 2. The second-order valence-corrected chi connectivity index (χ2v) is 11.3. The highest BCUT2D eigenvalue weighted by molar-refractivity contribution is 7.90. The molecule has 180 valence electrons. The smallest absolute Gasteiger partial charge is 0.410 e. The molecule has 1 aromatic carbocycles. The molecule has 3 fully saturated rings. The fourth-order valence-electron chi connectivity index (χ4n) is 4.96. The molecule has 11 heteroatoms.